The molecule has 0 N–H and O–H groups in total. The number of aromatic nitrogens is 2. The van der Waals surface area contributed by atoms with Crippen molar-refractivity contribution in [2.24, 2.45) is 0 Å². The van der Waals surface area contributed by atoms with Crippen LogP contribution in [0.5, 0.6) is 0 Å². The van der Waals surface area contributed by atoms with Crippen molar-refractivity contribution in [1.82, 2.24) is 9.55 Å². The number of hydrogen-bond acceptors (Lipinski definition) is 3. The van der Waals surface area contributed by atoms with Crippen LogP contribution in [0.3, 0.4) is 0 Å². The summed E-state index contributed by atoms with van der Waals surface area (Å²) >= 11 is 0. The molecule has 4 heteroatoms. The van der Waals surface area contributed by atoms with Crippen molar-refractivity contribution in [3.05, 3.63) is 78.9 Å². The number of nitrogens with zero attached hydrogens (tertiary/aromatic N) is 2. The van der Waals surface area contributed by atoms with Crippen molar-refractivity contribution >= 4 is 5.97 Å². The summed E-state index contributed by atoms with van der Waals surface area (Å²) in [4.78, 5) is 15.9. The summed E-state index contributed by atoms with van der Waals surface area (Å²) in [6.07, 6.45) is 5.23. The minimum atomic E-state index is -0.306. The number of carbonyl (C=O) groups excluding carboxylic acids is 1. The molecule has 0 spiro atoms. The Morgan fingerprint density at radius 1 is 1.00 bits per heavy atom. The van der Waals surface area contributed by atoms with Crippen LogP contribution >= 0.6 is 0 Å². The summed E-state index contributed by atoms with van der Waals surface area (Å²) in [6, 6.07) is 17.5. The van der Waals surface area contributed by atoms with E-state index in [1.54, 1.807) is 24.7 Å². The fraction of sp³-hybridized carbons (Fsp3) is 0.111. The maximum Gasteiger partial charge on any atom is 0.338 e. The molecule has 0 aliphatic heterocycles. The van der Waals surface area contributed by atoms with Gasteiger partial charge in [-0.3, -0.25) is 0 Å². The maximum absolute atomic E-state index is 12.0. The predicted octanol–water partition coefficient (Wildman–Crippen LogP) is 3.41. The smallest absolute Gasteiger partial charge is 0.338 e. The molecule has 22 heavy (non-hydrogen) atoms. The summed E-state index contributed by atoms with van der Waals surface area (Å²) in [5, 5.41) is 0. The van der Waals surface area contributed by atoms with Gasteiger partial charge in [0.1, 0.15) is 6.61 Å². The standard InChI is InChI=1S/C18H16N2O2/c21-18(22-13-12-20-11-10-19-14-20)17-8-6-16(7-9-17)15-4-2-1-3-5-15/h1-11,14H,12-13H2. The van der Waals surface area contributed by atoms with Crippen LogP contribution in [0.25, 0.3) is 11.1 Å². The Morgan fingerprint density at radius 2 is 1.73 bits per heavy atom. The molecular weight excluding hydrogens is 276 g/mol. The Labute approximate surface area is 129 Å². The van der Waals surface area contributed by atoms with Crippen LogP contribution in [0.2, 0.25) is 0 Å². The molecule has 2 aromatic carbocycles. The molecule has 0 atom stereocenters. The zero-order chi connectivity index (χ0) is 15.2. The molecular formula is C18H16N2O2. The number of esters is 1. The fourth-order valence-corrected chi connectivity index (χ4v) is 2.18. The predicted molar refractivity (Wildman–Crippen MR) is 84.4 cm³/mol. The number of benzene rings is 2. The van der Waals surface area contributed by atoms with Gasteiger partial charge >= 0.3 is 5.97 Å². The van der Waals surface area contributed by atoms with E-state index in [0.29, 0.717) is 18.7 Å². The van der Waals surface area contributed by atoms with E-state index in [2.05, 4.69) is 4.98 Å². The fourth-order valence-electron chi connectivity index (χ4n) is 2.18. The molecule has 4 nitrogen and oxygen atoms in total. The SMILES string of the molecule is O=C(OCCn1ccnc1)c1ccc(-c2ccccc2)cc1. The van der Waals surface area contributed by atoms with Crippen LogP contribution in [-0.2, 0) is 11.3 Å². The first kappa shape index (κ1) is 14.1. The number of rotatable bonds is 5. The summed E-state index contributed by atoms with van der Waals surface area (Å²) in [5.41, 5.74) is 2.77. The van der Waals surface area contributed by atoms with Gasteiger partial charge in [0.25, 0.3) is 0 Å². The zero-order valence-electron chi connectivity index (χ0n) is 12.1. The van der Waals surface area contributed by atoms with E-state index in [1.807, 2.05) is 53.2 Å². The van der Waals surface area contributed by atoms with Gasteiger partial charge in [-0.15, -0.1) is 0 Å². The number of hydrogen-bond donors (Lipinski definition) is 0. The molecule has 110 valence electrons. The molecule has 0 fully saturated rings. The second kappa shape index (κ2) is 6.72. The van der Waals surface area contributed by atoms with Crippen molar-refractivity contribution in [2.75, 3.05) is 6.61 Å². The molecule has 3 aromatic rings. The van der Waals surface area contributed by atoms with Gasteiger partial charge in [0.2, 0.25) is 0 Å². The average Bonchev–Trinajstić information content (AvgIpc) is 3.09. The van der Waals surface area contributed by atoms with Crippen LogP contribution in [0, 0.1) is 0 Å². The molecule has 0 bridgehead atoms. The van der Waals surface area contributed by atoms with Gasteiger partial charge in [0.05, 0.1) is 18.4 Å². The highest BCUT2D eigenvalue weighted by Gasteiger charge is 2.07. The second-order valence-electron chi connectivity index (χ2n) is 4.88. The number of imidazole rings is 1. The molecule has 0 saturated carbocycles. The topological polar surface area (TPSA) is 44.1 Å². The Hall–Kier alpha value is -2.88. The van der Waals surface area contributed by atoms with Crippen molar-refractivity contribution in [1.29, 1.82) is 0 Å². The first-order valence-electron chi connectivity index (χ1n) is 7.11. The highest BCUT2D eigenvalue weighted by Crippen LogP contribution is 2.19. The third-order valence-electron chi connectivity index (χ3n) is 3.37. The molecule has 1 heterocycles. The molecule has 0 aliphatic rings. The number of ether oxygens (including phenoxy) is 1. The Balaban J connectivity index is 1.59. The van der Waals surface area contributed by atoms with Gasteiger partial charge in [-0.2, -0.15) is 0 Å². The van der Waals surface area contributed by atoms with Crippen LogP contribution < -0.4 is 0 Å². The first-order chi connectivity index (χ1) is 10.8. The van der Waals surface area contributed by atoms with Crippen molar-refractivity contribution in [2.45, 2.75) is 6.54 Å². The highest BCUT2D eigenvalue weighted by molar-refractivity contribution is 5.90. The van der Waals surface area contributed by atoms with Crippen molar-refractivity contribution in [3.8, 4) is 11.1 Å². The van der Waals surface area contributed by atoms with Crippen LogP contribution in [0.4, 0.5) is 0 Å². The third-order valence-corrected chi connectivity index (χ3v) is 3.37. The van der Waals surface area contributed by atoms with Crippen molar-refractivity contribution < 1.29 is 9.53 Å². The Bertz CT molecular complexity index is 720. The minimum Gasteiger partial charge on any atom is -0.460 e. The molecule has 0 amide bonds. The summed E-state index contributed by atoms with van der Waals surface area (Å²) in [5.74, 6) is -0.306. The lowest BCUT2D eigenvalue weighted by atomic mass is 10.0. The van der Waals surface area contributed by atoms with Crippen molar-refractivity contribution in [3.63, 3.8) is 0 Å². The van der Waals surface area contributed by atoms with Gasteiger partial charge in [-0.25, -0.2) is 9.78 Å². The summed E-state index contributed by atoms with van der Waals surface area (Å²) < 4.78 is 7.13. The summed E-state index contributed by atoms with van der Waals surface area (Å²) in [6.45, 7) is 0.934. The quantitative estimate of drug-likeness (QED) is 0.677. The Kier molecular flexibility index (Phi) is 4.30. The van der Waals surface area contributed by atoms with Crippen LogP contribution in [0.15, 0.2) is 73.3 Å². The average molecular weight is 292 g/mol. The van der Waals surface area contributed by atoms with Crippen LogP contribution in [0.1, 0.15) is 10.4 Å². The van der Waals surface area contributed by atoms with E-state index in [9.17, 15) is 4.79 Å². The lowest BCUT2D eigenvalue weighted by Gasteiger charge is -2.06. The Morgan fingerprint density at radius 3 is 2.41 bits per heavy atom. The molecule has 1 aromatic heterocycles. The third kappa shape index (κ3) is 3.41. The van der Waals surface area contributed by atoms with E-state index in [4.69, 9.17) is 4.74 Å². The van der Waals surface area contributed by atoms with E-state index in [0.717, 1.165) is 11.1 Å². The lowest BCUT2D eigenvalue weighted by molar-refractivity contribution is 0.0491. The molecule has 0 radical (unpaired) electrons. The van der Waals surface area contributed by atoms with Crippen LogP contribution in [-0.4, -0.2) is 22.1 Å². The highest BCUT2D eigenvalue weighted by atomic mass is 16.5. The largest absolute Gasteiger partial charge is 0.460 e. The van der Waals surface area contributed by atoms with E-state index >= 15 is 0 Å². The van der Waals surface area contributed by atoms with Gasteiger partial charge in [-0.05, 0) is 23.3 Å². The zero-order valence-corrected chi connectivity index (χ0v) is 12.1. The van der Waals surface area contributed by atoms with Gasteiger partial charge in [0, 0.05) is 12.4 Å². The van der Waals surface area contributed by atoms with E-state index < -0.39 is 0 Å². The van der Waals surface area contributed by atoms with E-state index in [-0.39, 0.29) is 5.97 Å². The first-order valence-corrected chi connectivity index (χ1v) is 7.11. The normalized spacial score (nSPS) is 10.4. The monoisotopic (exact) mass is 292 g/mol. The van der Waals surface area contributed by atoms with Gasteiger partial charge < -0.3 is 9.30 Å². The number of carbonyl (C=O) groups is 1. The summed E-state index contributed by atoms with van der Waals surface area (Å²) in [7, 11) is 0. The maximum atomic E-state index is 12.0. The minimum absolute atomic E-state index is 0.306. The molecule has 0 aliphatic carbocycles. The molecule has 0 unspecified atom stereocenters. The lowest BCUT2D eigenvalue weighted by Crippen LogP contribution is -2.10. The van der Waals surface area contributed by atoms with E-state index in [1.165, 1.54) is 0 Å². The molecule has 3 rings (SSSR count). The second-order valence-corrected chi connectivity index (χ2v) is 4.88. The van der Waals surface area contributed by atoms with Gasteiger partial charge in [0.15, 0.2) is 0 Å². The van der Waals surface area contributed by atoms with Gasteiger partial charge in [-0.1, -0.05) is 42.5 Å². The molecule has 0 saturated heterocycles.